The summed E-state index contributed by atoms with van der Waals surface area (Å²) in [6.45, 7) is 0. The number of halogens is 1. The van der Waals surface area contributed by atoms with Crippen molar-refractivity contribution in [3.63, 3.8) is 0 Å². The molecule has 1 aromatic carbocycles. The molecule has 20 heavy (non-hydrogen) atoms. The largest absolute Gasteiger partial charge is 0.382 e. The first-order valence-electron chi connectivity index (χ1n) is 6.59. The number of hydrogen-bond acceptors (Lipinski definition) is 3. The fraction of sp³-hybridized carbons (Fsp3) is 0.200. The average Bonchev–Trinajstić information content (AvgIpc) is 3.00. The minimum Gasteiger partial charge on any atom is -0.382 e. The van der Waals surface area contributed by atoms with E-state index in [4.69, 9.17) is 10.7 Å². The molecular weight excluding hydrogens is 363 g/mol. The van der Waals surface area contributed by atoms with Crippen LogP contribution < -0.4 is 5.73 Å². The average molecular weight is 376 g/mol. The first-order chi connectivity index (χ1) is 9.74. The fourth-order valence-corrected chi connectivity index (χ4v) is 3.86. The Kier molecular flexibility index (Phi) is 2.70. The molecule has 4 nitrogen and oxygen atoms in total. The second kappa shape index (κ2) is 4.44. The second-order valence-corrected chi connectivity index (χ2v) is 6.19. The van der Waals surface area contributed by atoms with Gasteiger partial charge in [0.25, 0.3) is 0 Å². The van der Waals surface area contributed by atoms with Gasteiger partial charge in [0.2, 0.25) is 0 Å². The first kappa shape index (κ1) is 12.1. The van der Waals surface area contributed by atoms with Gasteiger partial charge in [-0.15, -0.1) is 0 Å². The van der Waals surface area contributed by atoms with Crippen LogP contribution in [0.15, 0.2) is 36.7 Å². The van der Waals surface area contributed by atoms with Crippen molar-refractivity contribution >= 4 is 33.9 Å². The van der Waals surface area contributed by atoms with Gasteiger partial charge in [0.1, 0.15) is 15.0 Å². The number of hydrogen-bond donors (Lipinski definition) is 1. The minimum absolute atomic E-state index is 0.421. The number of imidazole rings is 1. The van der Waals surface area contributed by atoms with Gasteiger partial charge in [-0.25, -0.2) is 9.97 Å². The molecule has 5 heteroatoms. The zero-order valence-corrected chi connectivity index (χ0v) is 12.9. The van der Waals surface area contributed by atoms with Gasteiger partial charge in [-0.2, -0.15) is 0 Å². The molecule has 2 N–H and O–H groups in total. The number of nitrogen functional groups attached to an aromatic ring is 1. The lowest BCUT2D eigenvalue weighted by Crippen LogP contribution is -2.05. The lowest BCUT2D eigenvalue weighted by Gasteiger charge is -2.08. The quantitative estimate of drug-likeness (QED) is 0.665. The number of anilines is 1. The Labute approximate surface area is 130 Å². The summed E-state index contributed by atoms with van der Waals surface area (Å²) in [5, 5.41) is 0. The smallest absolute Gasteiger partial charge is 0.150 e. The van der Waals surface area contributed by atoms with Crippen molar-refractivity contribution in [3.8, 4) is 0 Å². The topological polar surface area (TPSA) is 56.2 Å². The Morgan fingerprint density at radius 1 is 1.20 bits per heavy atom. The number of fused-ring (bicyclic) bond motifs is 2. The third kappa shape index (κ3) is 1.72. The summed E-state index contributed by atoms with van der Waals surface area (Å²) in [4.78, 5) is 8.90. The number of benzene rings is 1. The van der Waals surface area contributed by atoms with E-state index in [-0.39, 0.29) is 0 Å². The van der Waals surface area contributed by atoms with E-state index in [2.05, 4.69) is 56.2 Å². The summed E-state index contributed by atoms with van der Waals surface area (Å²) in [5.74, 6) is 2.06. The van der Waals surface area contributed by atoms with Crippen molar-refractivity contribution in [2.45, 2.75) is 18.8 Å². The van der Waals surface area contributed by atoms with E-state index in [9.17, 15) is 0 Å². The van der Waals surface area contributed by atoms with Gasteiger partial charge in [0.15, 0.2) is 5.82 Å². The molecule has 2 heterocycles. The van der Waals surface area contributed by atoms with Crippen LogP contribution in [0.5, 0.6) is 0 Å². The van der Waals surface area contributed by atoms with Crippen LogP contribution in [0.4, 0.5) is 5.82 Å². The maximum atomic E-state index is 5.98. The van der Waals surface area contributed by atoms with Crippen LogP contribution in [-0.4, -0.2) is 14.4 Å². The molecule has 100 valence electrons. The van der Waals surface area contributed by atoms with Crippen LogP contribution in [-0.2, 0) is 12.8 Å². The summed E-state index contributed by atoms with van der Waals surface area (Å²) in [6, 6.07) is 8.64. The van der Waals surface area contributed by atoms with E-state index in [1.807, 2.05) is 6.20 Å². The van der Waals surface area contributed by atoms with Gasteiger partial charge < -0.3 is 5.73 Å². The number of aromatic nitrogens is 3. The van der Waals surface area contributed by atoms with Crippen molar-refractivity contribution < 1.29 is 0 Å². The Morgan fingerprint density at radius 2 is 1.90 bits per heavy atom. The predicted molar refractivity (Wildman–Crippen MR) is 86.7 cm³/mol. The van der Waals surface area contributed by atoms with Crippen molar-refractivity contribution in [3.05, 3.63) is 57.3 Å². The lowest BCUT2D eigenvalue weighted by molar-refractivity contribution is 0.678. The zero-order chi connectivity index (χ0) is 13.7. The van der Waals surface area contributed by atoms with Crippen LogP contribution in [0.1, 0.15) is 22.9 Å². The molecule has 4 rings (SSSR count). The Bertz CT molecular complexity index is 784. The Hall–Kier alpha value is -1.63. The predicted octanol–water partition coefficient (Wildman–Crippen LogP) is 2.80. The van der Waals surface area contributed by atoms with Gasteiger partial charge in [-0.1, -0.05) is 24.3 Å². The highest BCUT2D eigenvalue weighted by molar-refractivity contribution is 14.1. The van der Waals surface area contributed by atoms with Crippen LogP contribution in [0.25, 0.3) is 5.52 Å². The fourth-order valence-electron chi connectivity index (χ4n) is 3.07. The molecule has 0 spiro atoms. The van der Waals surface area contributed by atoms with E-state index in [0.29, 0.717) is 11.7 Å². The molecule has 0 aliphatic heterocycles. The maximum Gasteiger partial charge on any atom is 0.150 e. The van der Waals surface area contributed by atoms with E-state index in [1.165, 1.54) is 11.1 Å². The van der Waals surface area contributed by atoms with E-state index in [0.717, 1.165) is 27.9 Å². The van der Waals surface area contributed by atoms with E-state index in [1.54, 1.807) is 6.20 Å². The van der Waals surface area contributed by atoms with Gasteiger partial charge in [-0.05, 0) is 46.6 Å². The molecule has 0 unspecified atom stereocenters. The molecule has 0 saturated heterocycles. The molecule has 0 saturated carbocycles. The summed E-state index contributed by atoms with van der Waals surface area (Å²) in [5.41, 5.74) is 9.78. The monoisotopic (exact) mass is 376 g/mol. The minimum atomic E-state index is 0.421. The van der Waals surface area contributed by atoms with Gasteiger partial charge in [-0.3, -0.25) is 4.40 Å². The molecule has 0 bridgehead atoms. The van der Waals surface area contributed by atoms with Crippen molar-refractivity contribution in [1.29, 1.82) is 0 Å². The first-order valence-corrected chi connectivity index (χ1v) is 7.66. The van der Waals surface area contributed by atoms with Crippen LogP contribution >= 0.6 is 22.6 Å². The molecular formula is C15H13IN4. The third-order valence-electron chi connectivity index (χ3n) is 3.98. The normalized spacial score (nSPS) is 14.8. The molecule has 0 atom stereocenters. The summed E-state index contributed by atoms with van der Waals surface area (Å²) in [7, 11) is 0. The molecule has 0 radical (unpaired) electrons. The molecule has 0 fully saturated rings. The van der Waals surface area contributed by atoms with Gasteiger partial charge >= 0.3 is 0 Å². The molecule has 2 aromatic heterocycles. The van der Waals surface area contributed by atoms with Gasteiger partial charge in [0.05, 0.1) is 0 Å². The van der Waals surface area contributed by atoms with Crippen LogP contribution in [0.2, 0.25) is 0 Å². The third-order valence-corrected chi connectivity index (χ3v) is 4.74. The maximum absolute atomic E-state index is 5.98. The molecule has 1 aliphatic carbocycles. The summed E-state index contributed by atoms with van der Waals surface area (Å²) >= 11 is 2.24. The van der Waals surface area contributed by atoms with E-state index >= 15 is 0 Å². The highest BCUT2D eigenvalue weighted by Gasteiger charge is 2.27. The highest BCUT2D eigenvalue weighted by atomic mass is 127. The SMILES string of the molecule is Nc1nccn2c(C3Cc4ccccc4C3)nc(I)c12. The van der Waals surface area contributed by atoms with Crippen LogP contribution in [0, 0.1) is 3.70 Å². The number of nitrogens with zero attached hydrogens (tertiary/aromatic N) is 3. The lowest BCUT2D eigenvalue weighted by atomic mass is 10.1. The second-order valence-electron chi connectivity index (χ2n) is 5.17. The van der Waals surface area contributed by atoms with Gasteiger partial charge in [0, 0.05) is 18.3 Å². The number of rotatable bonds is 1. The van der Waals surface area contributed by atoms with Crippen molar-refractivity contribution in [2.75, 3.05) is 5.73 Å². The molecule has 0 amide bonds. The molecule has 3 aromatic rings. The summed E-state index contributed by atoms with van der Waals surface area (Å²) in [6.07, 6.45) is 5.80. The Morgan fingerprint density at radius 3 is 2.60 bits per heavy atom. The van der Waals surface area contributed by atoms with E-state index < -0.39 is 0 Å². The number of nitrogens with two attached hydrogens (primary N) is 1. The van der Waals surface area contributed by atoms with Crippen molar-refractivity contribution in [1.82, 2.24) is 14.4 Å². The van der Waals surface area contributed by atoms with Crippen molar-refractivity contribution in [2.24, 2.45) is 0 Å². The zero-order valence-electron chi connectivity index (χ0n) is 10.8. The Balaban J connectivity index is 1.84. The molecule has 1 aliphatic rings. The standard InChI is InChI=1S/C15H13IN4/c16-13-12-14(17)18-5-6-20(12)15(19-13)11-7-9-3-1-2-4-10(9)8-11/h1-6,11H,7-8H2,(H2,17,18). The summed E-state index contributed by atoms with van der Waals surface area (Å²) < 4.78 is 3.03. The van der Waals surface area contributed by atoms with Crippen LogP contribution in [0.3, 0.4) is 0 Å². The highest BCUT2D eigenvalue weighted by Crippen LogP contribution is 2.34.